The van der Waals surface area contributed by atoms with Crippen molar-refractivity contribution in [3.8, 4) is 0 Å². The molecule has 0 bridgehead atoms. The Kier molecular flexibility index (Phi) is 10.6. The van der Waals surface area contributed by atoms with Crippen LogP contribution in [0, 0.1) is 0 Å². The summed E-state index contributed by atoms with van der Waals surface area (Å²) in [6.45, 7) is -0.785. The van der Waals surface area contributed by atoms with E-state index < -0.39 is 44.5 Å². The summed E-state index contributed by atoms with van der Waals surface area (Å²) < 4.78 is 54.3. The fourth-order valence-corrected chi connectivity index (χ4v) is 6.25. The van der Waals surface area contributed by atoms with E-state index in [1.165, 1.54) is 42.8 Å². The highest BCUT2D eigenvalue weighted by Gasteiger charge is 2.26. The minimum Gasteiger partial charge on any atom is -0.480 e. The van der Waals surface area contributed by atoms with Crippen LogP contribution in [-0.4, -0.2) is 64.8 Å². The molecule has 39 heavy (non-hydrogen) atoms. The molecule has 1 saturated carbocycles. The molecule has 2 aromatic carbocycles. The average molecular weight is 580 g/mol. The lowest BCUT2D eigenvalue weighted by atomic mass is 9.96. The molecule has 0 aliphatic heterocycles. The average Bonchev–Trinajstić information content (AvgIpc) is 2.92. The molecule has 1 aliphatic rings. The standard InChI is InChI=1S/C25H33N5O7S2/c26-24(29-19-7-3-1-4-8-19)18-11-13-21(14-12-18)38(34,35)28-16-15-23(31)27-17-22(25(32)33)30-39(36,37)20-9-5-2-6-10-20/h2,5-6,9-14,19,22,28,30H,1,3-4,7-8,15-17H2,(H2,26,29)(H,27,31)(H,32,33)/t22-/m0/s1. The molecule has 0 heterocycles. The number of amidine groups is 1. The van der Waals surface area contributed by atoms with Gasteiger partial charge in [0.05, 0.1) is 15.8 Å². The number of nitrogens with two attached hydrogens (primary N) is 1. The van der Waals surface area contributed by atoms with Gasteiger partial charge in [-0.3, -0.25) is 14.6 Å². The molecule has 1 amide bonds. The van der Waals surface area contributed by atoms with Crippen LogP contribution in [0.25, 0.3) is 0 Å². The first kappa shape index (κ1) is 30.2. The summed E-state index contributed by atoms with van der Waals surface area (Å²) in [6, 6.07) is 11.7. The van der Waals surface area contributed by atoms with Crippen molar-refractivity contribution in [1.29, 1.82) is 0 Å². The van der Waals surface area contributed by atoms with Crippen LogP contribution in [0.1, 0.15) is 44.1 Å². The lowest BCUT2D eigenvalue weighted by molar-refractivity contribution is -0.138. The second-order valence-corrected chi connectivity index (χ2v) is 12.6. The Labute approximate surface area is 228 Å². The van der Waals surface area contributed by atoms with Gasteiger partial charge < -0.3 is 16.2 Å². The molecule has 1 atom stereocenters. The molecule has 12 nitrogen and oxygen atoms in total. The van der Waals surface area contributed by atoms with Gasteiger partial charge in [-0.25, -0.2) is 21.6 Å². The van der Waals surface area contributed by atoms with Crippen molar-refractivity contribution in [3.05, 3.63) is 60.2 Å². The van der Waals surface area contributed by atoms with Crippen LogP contribution in [-0.2, 0) is 29.6 Å². The van der Waals surface area contributed by atoms with Crippen molar-refractivity contribution in [2.45, 2.75) is 60.4 Å². The number of carboxylic acid groups (broad SMARTS) is 1. The largest absolute Gasteiger partial charge is 0.480 e. The Morgan fingerprint density at radius 3 is 2.15 bits per heavy atom. The third kappa shape index (κ3) is 9.13. The number of carbonyl (C=O) groups is 2. The normalized spacial score (nSPS) is 15.9. The lowest BCUT2D eigenvalue weighted by Crippen LogP contribution is -2.48. The fourth-order valence-electron chi connectivity index (χ4n) is 4.01. The summed E-state index contributed by atoms with van der Waals surface area (Å²) in [5, 5.41) is 11.7. The predicted octanol–water partition coefficient (Wildman–Crippen LogP) is 0.941. The number of carbonyl (C=O) groups excluding carboxylic acids is 1. The Balaban J connectivity index is 1.48. The molecular formula is C25H33N5O7S2. The molecule has 0 saturated heterocycles. The van der Waals surface area contributed by atoms with Gasteiger partial charge in [0.25, 0.3) is 0 Å². The molecule has 14 heteroatoms. The number of sulfonamides is 2. The van der Waals surface area contributed by atoms with E-state index >= 15 is 0 Å². The number of hydrogen-bond acceptors (Lipinski definition) is 7. The Bertz CT molecular complexity index is 1370. The first-order valence-corrected chi connectivity index (χ1v) is 15.4. The van der Waals surface area contributed by atoms with E-state index in [1.54, 1.807) is 18.2 Å². The summed E-state index contributed by atoms with van der Waals surface area (Å²) in [6.07, 6.45) is 5.13. The van der Waals surface area contributed by atoms with Crippen LogP contribution in [0.15, 0.2) is 69.4 Å². The molecular weight excluding hydrogens is 546 g/mol. The topological polar surface area (TPSA) is 197 Å². The van der Waals surface area contributed by atoms with Gasteiger partial charge in [-0.05, 0) is 49.2 Å². The molecule has 0 spiro atoms. The van der Waals surface area contributed by atoms with Gasteiger partial charge in [0.15, 0.2) is 0 Å². The van der Waals surface area contributed by atoms with Crippen molar-refractivity contribution in [2.24, 2.45) is 10.7 Å². The van der Waals surface area contributed by atoms with E-state index in [9.17, 15) is 31.5 Å². The van der Waals surface area contributed by atoms with Crippen molar-refractivity contribution >= 4 is 37.8 Å². The number of amides is 1. The van der Waals surface area contributed by atoms with Gasteiger partial charge in [0.1, 0.15) is 11.9 Å². The molecule has 0 unspecified atom stereocenters. The monoisotopic (exact) mass is 579 g/mol. The maximum atomic E-state index is 12.6. The second kappa shape index (κ2) is 13.6. The van der Waals surface area contributed by atoms with Crippen LogP contribution >= 0.6 is 0 Å². The number of carboxylic acids is 1. The van der Waals surface area contributed by atoms with Crippen molar-refractivity contribution in [3.63, 3.8) is 0 Å². The highest BCUT2D eigenvalue weighted by Crippen LogP contribution is 2.21. The van der Waals surface area contributed by atoms with Gasteiger partial charge in [0, 0.05) is 25.1 Å². The van der Waals surface area contributed by atoms with E-state index in [4.69, 9.17) is 5.73 Å². The molecule has 1 fully saturated rings. The van der Waals surface area contributed by atoms with Crippen LogP contribution in [0.5, 0.6) is 0 Å². The summed E-state index contributed by atoms with van der Waals surface area (Å²) in [7, 11) is -8.05. The smallest absolute Gasteiger partial charge is 0.323 e. The van der Waals surface area contributed by atoms with Crippen LogP contribution < -0.4 is 20.5 Å². The summed E-state index contributed by atoms with van der Waals surface area (Å²) >= 11 is 0. The van der Waals surface area contributed by atoms with Gasteiger partial charge >= 0.3 is 5.97 Å². The Morgan fingerprint density at radius 2 is 1.54 bits per heavy atom. The second-order valence-electron chi connectivity index (χ2n) is 9.11. The minimum atomic E-state index is -4.12. The zero-order valence-electron chi connectivity index (χ0n) is 21.2. The number of aliphatic imine (C=N–C) groups is 1. The van der Waals surface area contributed by atoms with E-state index in [-0.39, 0.29) is 28.8 Å². The van der Waals surface area contributed by atoms with E-state index in [0.717, 1.165) is 25.7 Å². The molecule has 1 aliphatic carbocycles. The maximum absolute atomic E-state index is 12.6. The van der Waals surface area contributed by atoms with Crippen LogP contribution in [0.3, 0.4) is 0 Å². The number of aliphatic carboxylic acids is 1. The summed E-state index contributed by atoms with van der Waals surface area (Å²) in [5.74, 6) is -1.78. The maximum Gasteiger partial charge on any atom is 0.323 e. The Morgan fingerprint density at radius 1 is 0.923 bits per heavy atom. The molecule has 3 rings (SSSR count). The van der Waals surface area contributed by atoms with Gasteiger partial charge in [0.2, 0.25) is 26.0 Å². The molecule has 0 aromatic heterocycles. The third-order valence-corrected chi connectivity index (χ3v) is 9.12. The van der Waals surface area contributed by atoms with Gasteiger partial charge in [-0.2, -0.15) is 4.72 Å². The van der Waals surface area contributed by atoms with Crippen molar-refractivity contribution in [2.75, 3.05) is 13.1 Å². The molecule has 2 aromatic rings. The summed E-state index contributed by atoms with van der Waals surface area (Å²) in [5.41, 5.74) is 6.72. The third-order valence-electron chi connectivity index (χ3n) is 6.15. The zero-order chi connectivity index (χ0) is 28.5. The quantitative estimate of drug-likeness (QED) is 0.171. The van der Waals surface area contributed by atoms with Crippen molar-refractivity contribution < 1.29 is 31.5 Å². The number of hydrogen-bond donors (Lipinski definition) is 5. The highest BCUT2D eigenvalue weighted by molar-refractivity contribution is 7.89. The molecule has 0 radical (unpaired) electrons. The molecule has 212 valence electrons. The minimum absolute atomic E-state index is 0.0154. The van der Waals surface area contributed by atoms with Crippen LogP contribution in [0.4, 0.5) is 0 Å². The Hall–Kier alpha value is -3.33. The fraction of sp³-hybridized carbons (Fsp3) is 0.400. The zero-order valence-corrected chi connectivity index (χ0v) is 22.9. The highest BCUT2D eigenvalue weighted by atomic mass is 32.2. The van der Waals surface area contributed by atoms with Crippen LogP contribution in [0.2, 0.25) is 0 Å². The van der Waals surface area contributed by atoms with E-state index in [0.29, 0.717) is 11.4 Å². The SMILES string of the molecule is NC(=NC1CCCCC1)c1ccc(S(=O)(=O)NCCC(=O)NC[C@H](NS(=O)(=O)c2ccccc2)C(=O)O)cc1. The first-order chi connectivity index (χ1) is 18.5. The number of nitrogens with zero attached hydrogens (tertiary/aromatic N) is 1. The van der Waals surface area contributed by atoms with Crippen molar-refractivity contribution in [1.82, 2.24) is 14.8 Å². The number of rotatable bonds is 13. The first-order valence-electron chi connectivity index (χ1n) is 12.5. The van der Waals surface area contributed by atoms with Gasteiger partial charge in [-0.15, -0.1) is 0 Å². The summed E-state index contributed by atoms with van der Waals surface area (Å²) in [4.78, 5) is 28.1. The number of nitrogens with one attached hydrogen (secondary N) is 3. The number of benzene rings is 2. The van der Waals surface area contributed by atoms with E-state index in [2.05, 4.69) is 15.0 Å². The van der Waals surface area contributed by atoms with Gasteiger partial charge in [-0.1, -0.05) is 37.5 Å². The van der Waals surface area contributed by atoms with E-state index in [1.807, 2.05) is 4.72 Å². The lowest BCUT2D eigenvalue weighted by Gasteiger charge is -2.18. The molecule has 6 N–H and O–H groups in total. The predicted molar refractivity (Wildman–Crippen MR) is 145 cm³/mol.